The number of anilines is 1. The van der Waals surface area contributed by atoms with Gasteiger partial charge in [-0.25, -0.2) is 4.98 Å². The molecule has 106 valence electrons. The van der Waals surface area contributed by atoms with Crippen molar-refractivity contribution >= 4 is 28.6 Å². The van der Waals surface area contributed by atoms with Crippen LogP contribution in [0.2, 0.25) is 4.47 Å². The van der Waals surface area contributed by atoms with Crippen LogP contribution in [0.3, 0.4) is 0 Å². The van der Waals surface area contributed by atoms with Gasteiger partial charge in [-0.15, -0.1) is 11.3 Å². The fourth-order valence-corrected chi connectivity index (χ4v) is 3.06. The third kappa shape index (κ3) is 2.96. The quantitative estimate of drug-likeness (QED) is 0.936. The third-order valence-electron chi connectivity index (χ3n) is 3.22. The number of halogens is 1. The molecule has 0 aliphatic carbocycles. The Balaban J connectivity index is 1.71. The molecule has 0 bridgehead atoms. The molecule has 1 aliphatic rings. The van der Waals surface area contributed by atoms with E-state index in [-0.39, 0.29) is 0 Å². The van der Waals surface area contributed by atoms with Crippen LogP contribution in [0.4, 0.5) is 5.69 Å². The molecule has 0 radical (unpaired) electrons. The Labute approximate surface area is 126 Å². The summed E-state index contributed by atoms with van der Waals surface area (Å²) in [4.78, 5) is 5.12. The summed E-state index contributed by atoms with van der Waals surface area (Å²) in [6.45, 7) is 3.91. The minimum atomic E-state index is -0.633. The van der Waals surface area contributed by atoms with Gasteiger partial charge in [-0.05, 0) is 19.1 Å². The Bertz CT molecular complexity index is 596. The number of hydrogen-bond acceptors (Lipinski definition) is 5. The van der Waals surface area contributed by atoms with Gasteiger partial charge in [0.15, 0.2) is 10.3 Å². The molecule has 0 amide bonds. The van der Waals surface area contributed by atoms with E-state index in [1.165, 1.54) is 11.3 Å². The zero-order valence-electron chi connectivity index (χ0n) is 11.1. The second-order valence-electron chi connectivity index (χ2n) is 4.66. The molecule has 0 spiro atoms. The summed E-state index contributed by atoms with van der Waals surface area (Å²) in [5.74, 6) is -0.633. The highest BCUT2D eigenvalue weighted by Gasteiger charge is 2.33. The molecule has 2 heterocycles. The van der Waals surface area contributed by atoms with Gasteiger partial charge >= 0.3 is 0 Å². The number of hydrogen-bond donors (Lipinski definition) is 1. The molecule has 1 aromatic carbocycles. The Morgan fingerprint density at radius 3 is 2.90 bits per heavy atom. The fourth-order valence-electron chi connectivity index (χ4n) is 2.15. The van der Waals surface area contributed by atoms with Crippen molar-refractivity contribution in [2.45, 2.75) is 19.3 Å². The van der Waals surface area contributed by atoms with Gasteiger partial charge in [-0.2, -0.15) is 0 Å². The van der Waals surface area contributed by atoms with Gasteiger partial charge in [-0.1, -0.05) is 23.7 Å². The van der Waals surface area contributed by atoms with Gasteiger partial charge in [0, 0.05) is 22.3 Å². The molecule has 6 heteroatoms. The van der Waals surface area contributed by atoms with Gasteiger partial charge in [-0.3, -0.25) is 0 Å². The topological polar surface area (TPSA) is 43.4 Å². The van der Waals surface area contributed by atoms with Crippen LogP contribution in [-0.2, 0) is 21.8 Å². The number of aromatic nitrogens is 1. The summed E-state index contributed by atoms with van der Waals surface area (Å²) in [7, 11) is 0. The van der Waals surface area contributed by atoms with Crippen LogP contribution < -0.4 is 5.32 Å². The number of nitrogens with zero attached hydrogens (tertiary/aromatic N) is 1. The van der Waals surface area contributed by atoms with Crippen LogP contribution in [0, 0.1) is 0 Å². The van der Waals surface area contributed by atoms with Gasteiger partial charge in [0.25, 0.3) is 0 Å². The van der Waals surface area contributed by atoms with Crippen molar-refractivity contribution in [3.05, 3.63) is 45.4 Å². The van der Waals surface area contributed by atoms with E-state index in [2.05, 4.69) is 10.3 Å². The van der Waals surface area contributed by atoms with Crippen molar-refractivity contribution < 1.29 is 9.47 Å². The Morgan fingerprint density at radius 2 is 2.20 bits per heavy atom. The number of ether oxygens (including phenoxy) is 2. The van der Waals surface area contributed by atoms with Crippen molar-refractivity contribution in [3.8, 4) is 0 Å². The molecule has 4 nitrogen and oxygen atoms in total. The number of benzene rings is 1. The number of thiazole rings is 1. The molecule has 0 unspecified atom stereocenters. The molecule has 20 heavy (non-hydrogen) atoms. The lowest BCUT2D eigenvalue weighted by Crippen LogP contribution is -2.22. The molecule has 0 saturated carbocycles. The minimum absolute atomic E-state index is 0.566. The summed E-state index contributed by atoms with van der Waals surface area (Å²) in [5.41, 5.74) is 2.04. The summed E-state index contributed by atoms with van der Waals surface area (Å²) >= 11 is 7.30. The maximum Gasteiger partial charge on any atom is 0.192 e. The lowest BCUT2D eigenvalue weighted by Gasteiger charge is -2.23. The molecule has 3 rings (SSSR count). The Kier molecular flexibility index (Phi) is 3.94. The first-order chi connectivity index (χ1) is 9.66. The highest BCUT2D eigenvalue weighted by atomic mass is 35.5. The maximum absolute atomic E-state index is 5.82. The molecule has 1 saturated heterocycles. The van der Waals surface area contributed by atoms with E-state index in [4.69, 9.17) is 21.1 Å². The molecule has 1 fully saturated rings. The Hall–Kier alpha value is -1.14. The van der Waals surface area contributed by atoms with Crippen LogP contribution in [-0.4, -0.2) is 18.2 Å². The molecule has 1 aromatic heterocycles. The predicted molar refractivity (Wildman–Crippen MR) is 80.1 cm³/mol. The highest BCUT2D eigenvalue weighted by molar-refractivity contribution is 7.15. The molecule has 1 N–H and O–H groups in total. The summed E-state index contributed by atoms with van der Waals surface area (Å²) < 4.78 is 11.9. The normalized spacial score (nSPS) is 17.3. The lowest BCUT2D eigenvalue weighted by molar-refractivity contribution is -0.149. The first kappa shape index (κ1) is 13.8. The molecular weight excluding hydrogens is 296 g/mol. The Morgan fingerprint density at radius 1 is 1.40 bits per heavy atom. The fraction of sp³-hybridized carbons (Fsp3) is 0.357. The van der Waals surface area contributed by atoms with E-state index >= 15 is 0 Å². The van der Waals surface area contributed by atoms with Crippen molar-refractivity contribution in [1.29, 1.82) is 0 Å². The van der Waals surface area contributed by atoms with E-state index in [1.54, 1.807) is 6.20 Å². The van der Waals surface area contributed by atoms with Gasteiger partial charge in [0.1, 0.15) is 0 Å². The van der Waals surface area contributed by atoms with Crippen molar-refractivity contribution in [2.24, 2.45) is 0 Å². The summed E-state index contributed by atoms with van der Waals surface area (Å²) in [5, 5.41) is 3.36. The standard InChI is InChI=1S/C14H15ClN2O2S/c1-14(18-5-6-19-14)10-3-2-4-11(7-10)16-8-12-9-17-13(15)20-12/h2-4,7,9,16H,5-6,8H2,1H3. The van der Waals surface area contributed by atoms with E-state index < -0.39 is 5.79 Å². The van der Waals surface area contributed by atoms with Gasteiger partial charge < -0.3 is 14.8 Å². The zero-order valence-corrected chi connectivity index (χ0v) is 12.6. The van der Waals surface area contributed by atoms with Gasteiger partial charge in [0.2, 0.25) is 0 Å². The zero-order chi connectivity index (χ0) is 14.0. The molecule has 2 aromatic rings. The van der Waals surface area contributed by atoms with E-state index in [9.17, 15) is 0 Å². The first-order valence-corrected chi connectivity index (χ1v) is 7.58. The largest absolute Gasteiger partial charge is 0.380 e. The molecule has 0 atom stereocenters. The summed E-state index contributed by atoms with van der Waals surface area (Å²) in [6.07, 6.45) is 1.79. The van der Waals surface area contributed by atoms with Crippen LogP contribution >= 0.6 is 22.9 Å². The second-order valence-corrected chi connectivity index (χ2v) is 6.35. The minimum Gasteiger partial charge on any atom is -0.380 e. The average molecular weight is 311 g/mol. The SMILES string of the molecule is CC1(c2cccc(NCc3cnc(Cl)s3)c2)OCCO1. The first-order valence-electron chi connectivity index (χ1n) is 6.38. The monoisotopic (exact) mass is 310 g/mol. The van der Waals surface area contributed by atoms with Crippen molar-refractivity contribution in [1.82, 2.24) is 4.98 Å². The van der Waals surface area contributed by atoms with E-state index in [0.717, 1.165) is 16.1 Å². The number of rotatable bonds is 4. The summed E-state index contributed by atoms with van der Waals surface area (Å²) in [6, 6.07) is 8.08. The van der Waals surface area contributed by atoms with Crippen molar-refractivity contribution in [3.63, 3.8) is 0 Å². The third-order valence-corrected chi connectivity index (χ3v) is 4.33. The maximum atomic E-state index is 5.82. The predicted octanol–water partition coefficient (Wildman–Crippen LogP) is 3.63. The smallest absolute Gasteiger partial charge is 0.192 e. The van der Waals surface area contributed by atoms with Crippen molar-refractivity contribution in [2.75, 3.05) is 18.5 Å². The van der Waals surface area contributed by atoms with Gasteiger partial charge in [0.05, 0.1) is 19.8 Å². The lowest BCUT2D eigenvalue weighted by atomic mass is 10.1. The van der Waals surface area contributed by atoms with Crippen LogP contribution in [0.1, 0.15) is 17.4 Å². The van der Waals surface area contributed by atoms with Crippen LogP contribution in [0.25, 0.3) is 0 Å². The average Bonchev–Trinajstić information content (AvgIpc) is 3.07. The molecule has 1 aliphatic heterocycles. The highest BCUT2D eigenvalue weighted by Crippen LogP contribution is 2.32. The van der Waals surface area contributed by atoms with E-state index in [1.807, 2.05) is 31.2 Å². The van der Waals surface area contributed by atoms with E-state index in [0.29, 0.717) is 24.2 Å². The second kappa shape index (κ2) is 5.69. The van der Waals surface area contributed by atoms with Crippen LogP contribution in [0.5, 0.6) is 0 Å². The number of nitrogens with one attached hydrogen (secondary N) is 1. The molecular formula is C14H15ClN2O2S. The van der Waals surface area contributed by atoms with Crippen LogP contribution in [0.15, 0.2) is 30.5 Å².